The second-order valence-corrected chi connectivity index (χ2v) is 4.05. The lowest BCUT2D eigenvalue weighted by Crippen LogP contribution is -1.94. The van der Waals surface area contributed by atoms with Crippen LogP contribution >= 0.6 is 0 Å². The van der Waals surface area contributed by atoms with Crippen LogP contribution in [-0.2, 0) is 0 Å². The van der Waals surface area contributed by atoms with E-state index in [0.717, 1.165) is 28.5 Å². The van der Waals surface area contributed by atoms with Gasteiger partial charge in [-0.1, -0.05) is 74.5 Å². The molecule has 0 saturated heterocycles. The summed E-state index contributed by atoms with van der Waals surface area (Å²) in [4.78, 5) is 11.0. The first-order valence-electron chi connectivity index (χ1n) is 6.53. The van der Waals surface area contributed by atoms with Gasteiger partial charge < -0.3 is 0 Å². The number of aldehydes is 1. The second kappa shape index (κ2) is 7.32. The van der Waals surface area contributed by atoms with E-state index in [1.54, 1.807) is 0 Å². The van der Waals surface area contributed by atoms with Crippen molar-refractivity contribution in [3.8, 4) is 0 Å². The number of rotatable bonds is 3. The molecule has 98 valence electrons. The molecule has 0 heterocycles. The molecule has 0 unspecified atom stereocenters. The van der Waals surface area contributed by atoms with E-state index < -0.39 is 0 Å². The first kappa shape index (κ1) is 14.9. The van der Waals surface area contributed by atoms with Gasteiger partial charge in [0.25, 0.3) is 0 Å². The highest BCUT2D eigenvalue weighted by Crippen LogP contribution is 2.24. The molecule has 2 aromatic carbocycles. The van der Waals surface area contributed by atoms with Crippen molar-refractivity contribution >= 4 is 11.9 Å². The Kier molecular flexibility index (Phi) is 5.74. The summed E-state index contributed by atoms with van der Waals surface area (Å²) in [6.07, 6.45) is 0.878. The zero-order chi connectivity index (χ0) is 14.3. The second-order valence-electron chi connectivity index (χ2n) is 4.05. The standard InChI is InChI=1S/C16H14O.C2H6/c1-12-8-9-15(11-17)16(10-12)13(2)14-6-4-3-5-7-14;1-2/h3-11H,2H2,1H3;1-2H3. The van der Waals surface area contributed by atoms with Crippen LogP contribution in [-0.4, -0.2) is 6.29 Å². The van der Waals surface area contributed by atoms with Gasteiger partial charge in [-0.25, -0.2) is 0 Å². The Bertz CT molecular complexity index is 553. The van der Waals surface area contributed by atoms with E-state index in [4.69, 9.17) is 0 Å². The van der Waals surface area contributed by atoms with Gasteiger partial charge in [0, 0.05) is 5.56 Å². The summed E-state index contributed by atoms with van der Waals surface area (Å²) in [5.74, 6) is 0. The Hall–Kier alpha value is -2.15. The summed E-state index contributed by atoms with van der Waals surface area (Å²) in [6.45, 7) is 10.1. The van der Waals surface area contributed by atoms with Crippen LogP contribution in [0.25, 0.3) is 5.57 Å². The zero-order valence-electron chi connectivity index (χ0n) is 11.8. The van der Waals surface area contributed by atoms with Gasteiger partial charge in [0.1, 0.15) is 0 Å². The molecule has 19 heavy (non-hydrogen) atoms. The van der Waals surface area contributed by atoms with Gasteiger partial charge in [-0.2, -0.15) is 0 Å². The predicted octanol–water partition coefficient (Wildman–Crippen LogP) is 4.90. The maximum Gasteiger partial charge on any atom is 0.150 e. The minimum atomic E-state index is 0.685. The molecule has 0 aliphatic carbocycles. The van der Waals surface area contributed by atoms with E-state index in [2.05, 4.69) is 6.58 Å². The van der Waals surface area contributed by atoms with E-state index in [0.29, 0.717) is 5.56 Å². The molecule has 0 fully saturated rings. The van der Waals surface area contributed by atoms with Crippen LogP contribution in [0.2, 0.25) is 0 Å². The maximum atomic E-state index is 11.0. The van der Waals surface area contributed by atoms with Gasteiger partial charge in [0.2, 0.25) is 0 Å². The minimum absolute atomic E-state index is 0.685. The van der Waals surface area contributed by atoms with E-state index in [1.807, 2.05) is 69.3 Å². The number of carbonyl (C=O) groups excluding carboxylic acids is 1. The Labute approximate surface area is 115 Å². The predicted molar refractivity (Wildman–Crippen MR) is 82.5 cm³/mol. The van der Waals surface area contributed by atoms with Crippen molar-refractivity contribution in [1.29, 1.82) is 0 Å². The summed E-state index contributed by atoms with van der Waals surface area (Å²) in [6, 6.07) is 15.7. The van der Waals surface area contributed by atoms with Crippen LogP contribution in [0, 0.1) is 6.92 Å². The molecule has 0 atom stereocenters. The smallest absolute Gasteiger partial charge is 0.150 e. The minimum Gasteiger partial charge on any atom is -0.298 e. The molecule has 2 rings (SSSR count). The van der Waals surface area contributed by atoms with Crippen LogP contribution in [0.4, 0.5) is 0 Å². The zero-order valence-corrected chi connectivity index (χ0v) is 11.8. The third-order valence-electron chi connectivity index (χ3n) is 2.78. The van der Waals surface area contributed by atoms with Crippen molar-refractivity contribution in [1.82, 2.24) is 0 Å². The molecule has 0 amide bonds. The van der Waals surface area contributed by atoms with Crippen molar-refractivity contribution in [2.45, 2.75) is 20.8 Å². The van der Waals surface area contributed by atoms with Gasteiger partial charge >= 0.3 is 0 Å². The fourth-order valence-electron chi connectivity index (χ4n) is 1.83. The number of aryl methyl sites for hydroxylation is 1. The van der Waals surface area contributed by atoms with Crippen molar-refractivity contribution in [2.75, 3.05) is 0 Å². The molecule has 0 saturated carbocycles. The quantitative estimate of drug-likeness (QED) is 0.710. The monoisotopic (exact) mass is 252 g/mol. The SMILES string of the molecule is C=C(c1ccccc1)c1cc(C)ccc1C=O.CC. The van der Waals surface area contributed by atoms with Crippen molar-refractivity contribution in [3.05, 3.63) is 77.4 Å². The van der Waals surface area contributed by atoms with Gasteiger partial charge in [0.05, 0.1) is 0 Å². The highest BCUT2D eigenvalue weighted by molar-refractivity contribution is 5.90. The van der Waals surface area contributed by atoms with Gasteiger partial charge in [-0.15, -0.1) is 0 Å². The van der Waals surface area contributed by atoms with Crippen molar-refractivity contribution in [3.63, 3.8) is 0 Å². The molecule has 2 aromatic rings. The van der Waals surface area contributed by atoms with Crippen molar-refractivity contribution in [2.24, 2.45) is 0 Å². The number of benzene rings is 2. The molecule has 0 aromatic heterocycles. The maximum absolute atomic E-state index is 11.0. The average Bonchev–Trinajstić information content (AvgIpc) is 2.49. The first-order chi connectivity index (χ1) is 9.22. The van der Waals surface area contributed by atoms with Crippen LogP contribution in [0.1, 0.15) is 40.9 Å². The Balaban J connectivity index is 0.000000861. The van der Waals surface area contributed by atoms with Gasteiger partial charge in [-0.3, -0.25) is 4.79 Å². The van der Waals surface area contributed by atoms with Crippen LogP contribution < -0.4 is 0 Å². The molecule has 0 aliphatic rings. The molecule has 1 heteroatoms. The van der Waals surface area contributed by atoms with Crippen molar-refractivity contribution < 1.29 is 4.79 Å². The van der Waals surface area contributed by atoms with Crippen LogP contribution in [0.15, 0.2) is 55.1 Å². The van der Waals surface area contributed by atoms with Gasteiger partial charge in [0.15, 0.2) is 6.29 Å². The molecule has 0 aliphatic heterocycles. The van der Waals surface area contributed by atoms with Gasteiger partial charge in [-0.05, 0) is 23.6 Å². The molecule has 0 bridgehead atoms. The Morgan fingerprint density at radius 3 is 2.26 bits per heavy atom. The normalized spacial score (nSPS) is 9.21. The number of hydrogen-bond acceptors (Lipinski definition) is 1. The molecule has 0 N–H and O–H groups in total. The topological polar surface area (TPSA) is 17.1 Å². The first-order valence-corrected chi connectivity index (χ1v) is 6.53. The lowest BCUT2D eigenvalue weighted by atomic mass is 9.94. The summed E-state index contributed by atoms with van der Waals surface area (Å²) in [5, 5.41) is 0. The largest absolute Gasteiger partial charge is 0.298 e. The summed E-state index contributed by atoms with van der Waals surface area (Å²) in [5.41, 5.74) is 4.65. The van der Waals surface area contributed by atoms with E-state index in [1.165, 1.54) is 0 Å². The lowest BCUT2D eigenvalue weighted by molar-refractivity contribution is 0.112. The van der Waals surface area contributed by atoms with Crippen LogP contribution in [0.3, 0.4) is 0 Å². The molecule has 0 spiro atoms. The molecule has 1 nitrogen and oxygen atoms in total. The summed E-state index contributed by atoms with van der Waals surface area (Å²) >= 11 is 0. The lowest BCUT2D eigenvalue weighted by Gasteiger charge is -2.09. The van der Waals surface area contributed by atoms with E-state index >= 15 is 0 Å². The molecular formula is C18H20O. The summed E-state index contributed by atoms with van der Waals surface area (Å²) in [7, 11) is 0. The molecule has 0 radical (unpaired) electrons. The Morgan fingerprint density at radius 1 is 1.05 bits per heavy atom. The van der Waals surface area contributed by atoms with Crippen LogP contribution in [0.5, 0.6) is 0 Å². The third kappa shape index (κ3) is 3.65. The fraction of sp³-hybridized carbons (Fsp3) is 0.167. The number of hydrogen-bond donors (Lipinski definition) is 0. The van der Waals surface area contributed by atoms with E-state index in [-0.39, 0.29) is 0 Å². The average molecular weight is 252 g/mol. The number of carbonyl (C=O) groups is 1. The van der Waals surface area contributed by atoms with E-state index in [9.17, 15) is 4.79 Å². The fourth-order valence-corrected chi connectivity index (χ4v) is 1.83. The highest BCUT2D eigenvalue weighted by atomic mass is 16.1. The highest BCUT2D eigenvalue weighted by Gasteiger charge is 2.07. The third-order valence-corrected chi connectivity index (χ3v) is 2.78. The summed E-state index contributed by atoms with van der Waals surface area (Å²) < 4.78 is 0. The molecular weight excluding hydrogens is 232 g/mol. The Morgan fingerprint density at radius 2 is 1.68 bits per heavy atom.